The zero-order valence-electron chi connectivity index (χ0n) is 13.6. The molecule has 17 heavy (non-hydrogen) atoms. The van der Waals surface area contributed by atoms with Gasteiger partial charge in [0.15, 0.2) is 0 Å². The van der Waals surface area contributed by atoms with E-state index in [1.165, 1.54) is 25.7 Å². The number of rotatable bonds is 2. The highest BCUT2D eigenvalue weighted by Crippen LogP contribution is 2.31. The van der Waals surface area contributed by atoms with Gasteiger partial charge < -0.3 is 5.11 Å². The molecule has 0 heterocycles. The first kappa shape index (κ1) is 22.2. The molecule has 1 rings (SSSR count). The van der Waals surface area contributed by atoms with Crippen LogP contribution >= 0.6 is 0 Å². The molecule has 1 nitrogen and oxygen atoms in total. The molecule has 0 saturated heterocycles. The standard InChI is InChI=1S/C9H18O.C3H8.2C2H6/c1-2-6-9(10)7-4-3-5-8-9;1-3-2;2*1-2/h10H,2-8H2,1H3;3H2,1-2H3;2*1-2H3. The van der Waals surface area contributed by atoms with Gasteiger partial charge in [-0.25, -0.2) is 0 Å². The average molecular weight is 246 g/mol. The SMILES string of the molecule is CC.CC.CCC.CCCC1(O)CCCCC1. The third-order valence-electron chi connectivity index (χ3n) is 2.50. The minimum atomic E-state index is -0.271. The van der Waals surface area contributed by atoms with Crippen LogP contribution in [0.5, 0.6) is 0 Å². The predicted molar refractivity (Wildman–Crippen MR) is 81.6 cm³/mol. The molecular weight excluding hydrogens is 208 g/mol. The van der Waals surface area contributed by atoms with Crippen LogP contribution in [0.3, 0.4) is 0 Å². The molecule has 1 saturated carbocycles. The fourth-order valence-electron chi connectivity index (χ4n) is 1.93. The van der Waals surface area contributed by atoms with Crippen LogP contribution in [0.4, 0.5) is 0 Å². The molecule has 1 N–H and O–H groups in total. The molecule has 1 aliphatic carbocycles. The molecule has 0 aliphatic heterocycles. The summed E-state index contributed by atoms with van der Waals surface area (Å²) in [6, 6.07) is 0. The van der Waals surface area contributed by atoms with Crippen LogP contribution in [0, 0.1) is 0 Å². The van der Waals surface area contributed by atoms with E-state index in [4.69, 9.17) is 0 Å². The van der Waals surface area contributed by atoms with E-state index < -0.39 is 0 Å². The molecule has 0 unspecified atom stereocenters. The van der Waals surface area contributed by atoms with Crippen LogP contribution in [-0.2, 0) is 0 Å². The molecule has 0 radical (unpaired) electrons. The number of aliphatic hydroxyl groups is 1. The van der Waals surface area contributed by atoms with E-state index in [0.29, 0.717) is 0 Å². The first-order valence-electron chi connectivity index (χ1n) is 7.91. The van der Waals surface area contributed by atoms with Crippen LogP contribution in [0.25, 0.3) is 0 Å². The molecule has 0 spiro atoms. The van der Waals surface area contributed by atoms with Gasteiger partial charge in [0, 0.05) is 0 Å². The lowest BCUT2D eigenvalue weighted by molar-refractivity contribution is -0.00427. The second-order valence-electron chi connectivity index (χ2n) is 4.24. The van der Waals surface area contributed by atoms with Crippen molar-refractivity contribution in [1.82, 2.24) is 0 Å². The van der Waals surface area contributed by atoms with Crippen molar-refractivity contribution in [2.45, 2.75) is 105 Å². The Hall–Kier alpha value is -0.0400. The third kappa shape index (κ3) is 16.0. The molecule has 1 heteroatoms. The Kier molecular flexibility index (Phi) is 23.9. The quantitative estimate of drug-likeness (QED) is 0.638. The van der Waals surface area contributed by atoms with Gasteiger partial charge in [0.05, 0.1) is 5.60 Å². The third-order valence-corrected chi connectivity index (χ3v) is 2.50. The fourth-order valence-corrected chi connectivity index (χ4v) is 1.93. The van der Waals surface area contributed by atoms with Crippen molar-refractivity contribution in [3.63, 3.8) is 0 Å². The van der Waals surface area contributed by atoms with Crippen molar-refractivity contribution in [3.05, 3.63) is 0 Å². The van der Waals surface area contributed by atoms with Gasteiger partial charge in [-0.15, -0.1) is 0 Å². The maximum atomic E-state index is 9.87. The van der Waals surface area contributed by atoms with Gasteiger partial charge in [0.1, 0.15) is 0 Å². The maximum absolute atomic E-state index is 9.87. The lowest BCUT2D eigenvalue weighted by Gasteiger charge is -2.31. The normalized spacial score (nSPS) is 16.2. The highest BCUT2D eigenvalue weighted by Gasteiger charge is 2.27. The highest BCUT2D eigenvalue weighted by molar-refractivity contribution is 4.81. The van der Waals surface area contributed by atoms with Crippen LogP contribution in [-0.4, -0.2) is 10.7 Å². The summed E-state index contributed by atoms with van der Waals surface area (Å²) in [7, 11) is 0. The number of hydrogen-bond acceptors (Lipinski definition) is 1. The molecule has 1 aliphatic rings. The van der Waals surface area contributed by atoms with Crippen molar-refractivity contribution in [2.75, 3.05) is 0 Å². The van der Waals surface area contributed by atoms with Gasteiger partial charge in [0.25, 0.3) is 0 Å². The molecule has 1 fully saturated rings. The Morgan fingerprint density at radius 3 is 1.47 bits per heavy atom. The second-order valence-corrected chi connectivity index (χ2v) is 4.24. The van der Waals surface area contributed by atoms with Crippen LogP contribution in [0.1, 0.15) is 99.8 Å². The summed E-state index contributed by atoms with van der Waals surface area (Å²) in [5.74, 6) is 0. The Labute approximate surface area is 111 Å². The zero-order chi connectivity index (χ0) is 14.2. The van der Waals surface area contributed by atoms with Crippen molar-refractivity contribution in [1.29, 1.82) is 0 Å². The largest absolute Gasteiger partial charge is 0.390 e. The van der Waals surface area contributed by atoms with E-state index in [9.17, 15) is 5.11 Å². The smallest absolute Gasteiger partial charge is 0.0647 e. The topological polar surface area (TPSA) is 20.2 Å². The van der Waals surface area contributed by atoms with Crippen molar-refractivity contribution < 1.29 is 5.11 Å². The van der Waals surface area contributed by atoms with Gasteiger partial charge in [-0.05, 0) is 19.3 Å². The van der Waals surface area contributed by atoms with Gasteiger partial charge in [-0.2, -0.15) is 0 Å². The van der Waals surface area contributed by atoms with Crippen LogP contribution in [0.15, 0.2) is 0 Å². The Morgan fingerprint density at radius 2 is 1.18 bits per heavy atom. The van der Waals surface area contributed by atoms with E-state index in [2.05, 4.69) is 20.8 Å². The van der Waals surface area contributed by atoms with Crippen molar-refractivity contribution >= 4 is 0 Å². The van der Waals surface area contributed by atoms with E-state index in [0.717, 1.165) is 25.7 Å². The summed E-state index contributed by atoms with van der Waals surface area (Å²) >= 11 is 0. The van der Waals surface area contributed by atoms with Crippen molar-refractivity contribution in [2.24, 2.45) is 0 Å². The minimum absolute atomic E-state index is 0.271. The minimum Gasteiger partial charge on any atom is -0.390 e. The summed E-state index contributed by atoms with van der Waals surface area (Å²) in [6.07, 6.45) is 9.25. The Balaban J connectivity index is -0.000000239. The monoisotopic (exact) mass is 246 g/mol. The Morgan fingerprint density at radius 1 is 0.824 bits per heavy atom. The second kappa shape index (κ2) is 18.3. The predicted octanol–water partition coefficient (Wildman–Crippen LogP) is 5.95. The first-order chi connectivity index (χ1) is 8.18. The molecule has 0 aromatic heterocycles. The molecule has 0 atom stereocenters. The van der Waals surface area contributed by atoms with Crippen molar-refractivity contribution in [3.8, 4) is 0 Å². The maximum Gasteiger partial charge on any atom is 0.0647 e. The first-order valence-corrected chi connectivity index (χ1v) is 7.91. The highest BCUT2D eigenvalue weighted by atomic mass is 16.3. The summed E-state index contributed by atoms with van der Waals surface area (Å²) in [5.41, 5.74) is -0.271. The summed E-state index contributed by atoms with van der Waals surface area (Å²) in [6.45, 7) is 14.4. The zero-order valence-corrected chi connectivity index (χ0v) is 13.6. The van der Waals surface area contributed by atoms with Crippen LogP contribution < -0.4 is 0 Å². The molecule has 0 bridgehead atoms. The van der Waals surface area contributed by atoms with E-state index in [1.54, 1.807) is 0 Å². The van der Waals surface area contributed by atoms with Gasteiger partial charge >= 0.3 is 0 Å². The average Bonchev–Trinajstić information content (AvgIpc) is 2.36. The molecule has 0 aromatic carbocycles. The van der Waals surface area contributed by atoms with E-state index in [1.807, 2.05) is 27.7 Å². The lowest BCUT2D eigenvalue weighted by Crippen LogP contribution is -2.30. The van der Waals surface area contributed by atoms with E-state index >= 15 is 0 Å². The lowest BCUT2D eigenvalue weighted by atomic mass is 9.82. The van der Waals surface area contributed by atoms with E-state index in [-0.39, 0.29) is 5.60 Å². The molecular formula is C16H38O. The van der Waals surface area contributed by atoms with Gasteiger partial charge in [-0.1, -0.05) is 80.6 Å². The van der Waals surface area contributed by atoms with Gasteiger partial charge in [0.2, 0.25) is 0 Å². The van der Waals surface area contributed by atoms with Gasteiger partial charge in [-0.3, -0.25) is 0 Å². The van der Waals surface area contributed by atoms with Crippen LogP contribution in [0.2, 0.25) is 0 Å². The molecule has 0 aromatic rings. The Bertz CT molecular complexity index is 98.6. The molecule has 108 valence electrons. The molecule has 0 amide bonds. The summed E-state index contributed by atoms with van der Waals surface area (Å²) < 4.78 is 0. The summed E-state index contributed by atoms with van der Waals surface area (Å²) in [5, 5.41) is 9.87. The fraction of sp³-hybridized carbons (Fsp3) is 1.00. The summed E-state index contributed by atoms with van der Waals surface area (Å²) in [4.78, 5) is 0. The number of hydrogen-bond donors (Lipinski definition) is 1.